The van der Waals surface area contributed by atoms with Gasteiger partial charge >= 0.3 is 0 Å². The zero-order valence-corrected chi connectivity index (χ0v) is 15.9. The summed E-state index contributed by atoms with van der Waals surface area (Å²) in [6.07, 6.45) is 6.41. The molecule has 0 spiro atoms. The van der Waals surface area contributed by atoms with Gasteiger partial charge < -0.3 is 4.57 Å². The van der Waals surface area contributed by atoms with Gasteiger partial charge in [0.15, 0.2) is 5.82 Å². The molecule has 2 aromatic heterocycles. The van der Waals surface area contributed by atoms with E-state index < -0.39 is 0 Å². The van der Waals surface area contributed by atoms with Crippen LogP contribution in [-0.4, -0.2) is 14.1 Å². The largest absolute Gasteiger partial charge is 0.325 e. The third kappa shape index (κ3) is 2.81. The topological polar surface area (TPSA) is 26.6 Å². The van der Waals surface area contributed by atoms with E-state index in [9.17, 15) is 0 Å². The summed E-state index contributed by atoms with van der Waals surface area (Å²) in [5, 5.41) is 0. The Balaban J connectivity index is 1.70. The summed E-state index contributed by atoms with van der Waals surface area (Å²) in [6, 6.07) is 12.8. The number of rotatable bonds is 4. The van der Waals surface area contributed by atoms with Gasteiger partial charge in [-0.05, 0) is 51.0 Å². The highest BCUT2D eigenvalue weighted by Gasteiger charge is 2.16. The normalized spacial score (nSPS) is 11.4. The van der Waals surface area contributed by atoms with Crippen molar-refractivity contribution in [1.29, 1.82) is 0 Å². The van der Waals surface area contributed by atoms with Crippen LogP contribution in [0.25, 0.3) is 16.7 Å². The lowest BCUT2D eigenvalue weighted by Crippen LogP contribution is -2.33. The first kappa shape index (κ1) is 16.6. The van der Waals surface area contributed by atoms with Crippen LogP contribution < -0.4 is 4.57 Å². The molecule has 0 radical (unpaired) electrons. The monoisotopic (exact) mass is 345 g/mol. The van der Waals surface area contributed by atoms with E-state index in [4.69, 9.17) is 4.98 Å². The van der Waals surface area contributed by atoms with Crippen LogP contribution in [0.15, 0.2) is 55.1 Å². The van der Waals surface area contributed by atoms with Gasteiger partial charge in [-0.25, -0.2) is 14.1 Å². The number of imidazole rings is 2. The van der Waals surface area contributed by atoms with Gasteiger partial charge in [0.25, 0.3) is 0 Å². The molecule has 4 heteroatoms. The SMILES string of the molecule is CCn1c(C[n+]2ccn(-c3c(C)cc(C)cc3C)c2)nc2ccccc21. The van der Waals surface area contributed by atoms with Crippen molar-refractivity contribution in [1.82, 2.24) is 14.1 Å². The molecule has 26 heavy (non-hydrogen) atoms. The van der Waals surface area contributed by atoms with E-state index in [-0.39, 0.29) is 0 Å². The van der Waals surface area contributed by atoms with Gasteiger partial charge in [-0.1, -0.05) is 29.8 Å². The highest BCUT2D eigenvalue weighted by atomic mass is 15.2. The first-order valence-electron chi connectivity index (χ1n) is 9.16. The molecule has 0 fully saturated rings. The Morgan fingerprint density at radius 1 is 1.04 bits per heavy atom. The minimum atomic E-state index is 0.763. The fraction of sp³-hybridized carbons (Fsp3) is 0.273. The van der Waals surface area contributed by atoms with E-state index >= 15 is 0 Å². The molecule has 0 unspecified atom stereocenters. The summed E-state index contributed by atoms with van der Waals surface area (Å²) < 4.78 is 6.71. The van der Waals surface area contributed by atoms with Crippen molar-refractivity contribution in [3.8, 4) is 5.69 Å². The maximum absolute atomic E-state index is 4.84. The smallest absolute Gasteiger partial charge is 0.249 e. The van der Waals surface area contributed by atoms with Crippen molar-refractivity contribution in [3.05, 3.63) is 77.6 Å². The van der Waals surface area contributed by atoms with Gasteiger partial charge in [-0.15, -0.1) is 0 Å². The fourth-order valence-electron chi connectivity index (χ4n) is 3.96. The Labute approximate surface area is 154 Å². The summed E-state index contributed by atoms with van der Waals surface area (Å²) in [6.45, 7) is 10.4. The summed E-state index contributed by atoms with van der Waals surface area (Å²) in [5.41, 5.74) is 7.43. The van der Waals surface area contributed by atoms with Gasteiger partial charge in [0.1, 0.15) is 24.6 Å². The van der Waals surface area contributed by atoms with Crippen molar-refractivity contribution < 1.29 is 4.57 Å². The molecule has 0 bridgehead atoms. The molecule has 0 aliphatic heterocycles. The van der Waals surface area contributed by atoms with Crippen LogP contribution >= 0.6 is 0 Å². The first-order valence-corrected chi connectivity index (χ1v) is 9.16. The molecule has 2 aromatic carbocycles. The van der Waals surface area contributed by atoms with E-state index in [1.807, 2.05) is 6.07 Å². The Morgan fingerprint density at radius 3 is 2.50 bits per heavy atom. The quantitative estimate of drug-likeness (QED) is 0.511. The first-order chi connectivity index (χ1) is 12.6. The van der Waals surface area contributed by atoms with Gasteiger partial charge in [-0.2, -0.15) is 0 Å². The van der Waals surface area contributed by atoms with Crippen molar-refractivity contribution in [2.75, 3.05) is 0 Å². The van der Waals surface area contributed by atoms with Gasteiger partial charge in [0.2, 0.25) is 6.33 Å². The molecule has 0 aliphatic carbocycles. The van der Waals surface area contributed by atoms with Crippen molar-refractivity contribution in [2.45, 2.75) is 40.8 Å². The molecule has 4 aromatic rings. The predicted molar refractivity (Wildman–Crippen MR) is 105 cm³/mol. The summed E-state index contributed by atoms with van der Waals surface area (Å²) >= 11 is 0. The second-order valence-corrected chi connectivity index (χ2v) is 7.00. The van der Waals surface area contributed by atoms with Crippen LogP contribution in [0.5, 0.6) is 0 Å². The molecule has 2 heterocycles. The summed E-state index contributed by atoms with van der Waals surface area (Å²) in [4.78, 5) is 4.84. The maximum atomic E-state index is 4.84. The molecule has 0 saturated heterocycles. The lowest BCUT2D eigenvalue weighted by atomic mass is 10.1. The van der Waals surface area contributed by atoms with Crippen molar-refractivity contribution in [2.24, 2.45) is 0 Å². The third-order valence-electron chi connectivity index (χ3n) is 4.96. The van der Waals surface area contributed by atoms with E-state index in [0.717, 1.165) is 24.4 Å². The summed E-state index contributed by atoms with van der Waals surface area (Å²) in [5.74, 6) is 1.09. The molecule has 0 aliphatic rings. The zero-order valence-electron chi connectivity index (χ0n) is 15.9. The number of hydrogen-bond donors (Lipinski definition) is 0. The number of para-hydroxylation sites is 2. The molecule has 0 N–H and O–H groups in total. The van der Waals surface area contributed by atoms with Crippen LogP contribution in [0, 0.1) is 20.8 Å². The summed E-state index contributed by atoms with van der Waals surface area (Å²) in [7, 11) is 0. The number of aromatic nitrogens is 4. The molecule has 0 atom stereocenters. The lowest BCUT2D eigenvalue weighted by Gasteiger charge is -2.07. The number of hydrogen-bond acceptors (Lipinski definition) is 1. The van der Waals surface area contributed by atoms with Crippen LogP contribution in [0.3, 0.4) is 0 Å². The average molecular weight is 345 g/mol. The van der Waals surface area contributed by atoms with Crippen LogP contribution in [0.4, 0.5) is 0 Å². The van der Waals surface area contributed by atoms with E-state index in [1.165, 1.54) is 27.9 Å². The van der Waals surface area contributed by atoms with E-state index in [2.05, 4.69) is 90.4 Å². The highest BCUT2D eigenvalue weighted by Crippen LogP contribution is 2.20. The van der Waals surface area contributed by atoms with Crippen LogP contribution in [0.1, 0.15) is 29.4 Å². The maximum Gasteiger partial charge on any atom is 0.249 e. The Kier molecular flexibility index (Phi) is 4.11. The van der Waals surface area contributed by atoms with E-state index in [1.54, 1.807) is 0 Å². The molecular formula is C22H25N4+. The predicted octanol–water partition coefficient (Wildman–Crippen LogP) is 4.11. The van der Waals surface area contributed by atoms with Gasteiger partial charge in [-0.3, -0.25) is 0 Å². The molecule has 0 amide bonds. The minimum absolute atomic E-state index is 0.763. The number of benzene rings is 2. The van der Waals surface area contributed by atoms with Crippen molar-refractivity contribution in [3.63, 3.8) is 0 Å². The van der Waals surface area contributed by atoms with Crippen LogP contribution in [-0.2, 0) is 13.1 Å². The van der Waals surface area contributed by atoms with Gasteiger partial charge in [0, 0.05) is 6.54 Å². The number of nitrogens with zero attached hydrogens (tertiary/aromatic N) is 4. The van der Waals surface area contributed by atoms with E-state index in [0.29, 0.717) is 0 Å². The standard InChI is InChI=1S/C22H25N4/c1-5-26-20-9-7-6-8-19(20)23-21(26)14-24-10-11-25(15-24)22-17(3)12-16(2)13-18(22)4/h6-13,15H,5,14H2,1-4H3/q+1. The molecular weight excluding hydrogens is 320 g/mol. The van der Waals surface area contributed by atoms with Crippen molar-refractivity contribution >= 4 is 11.0 Å². The molecule has 132 valence electrons. The number of fused-ring (bicyclic) bond motifs is 1. The van der Waals surface area contributed by atoms with Gasteiger partial charge in [0.05, 0.1) is 11.0 Å². The third-order valence-corrected chi connectivity index (χ3v) is 4.96. The average Bonchev–Trinajstić information content (AvgIpc) is 3.18. The lowest BCUT2D eigenvalue weighted by molar-refractivity contribution is -0.688. The minimum Gasteiger partial charge on any atom is -0.325 e. The fourth-order valence-corrected chi connectivity index (χ4v) is 3.96. The van der Waals surface area contributed by atoms with Crippen LogP contribution in [0.2, 0.25) is 0 Å². The molecule has 4 rings (SSSR count). The Hall–Kier alpha value is -2.88. The second-order valence-electron chi connectivity index (χ2n) is 7.00. The molecule has 0 saturated carbocycles. The number of aryl methyl sites for hydroxylation is 4. The highest BCUT2D eigenvalue weighted by molar-refractivity contribution is 5.75. The Bertz CT molecular complexity index is 1060. The Morgan fingerprint density at radius 2 is 1.77 bits per heavy atom. The zero-order chi connectivity index (χ0) is 18.3. The molecule has 4 nitrogen and oxygen atoms in total. The second kappa shape index (κ2) is 6.45.